The maximum absolute atomic E-state index is 12.3. The molecule has 1 heterocycles. The molecule has 0 saturated heterocycles. The summed E-state index contributed by atoms with van der Waals surface area (Å²) in [6, 6.07) is 0. The molecule has 0 aromatic carbocycles. The smallest absolute Gasteiger partial charge is 0.223 e. The van der Waals surface area contributed by atoms with Gasteiger partial charge < -0.3 is 10.3 Å². The lowest BCUT2D eigenvalue weighted by Crippen LogP contribution is -2.38. The van der Waals surface area contributed by atoms with Gasteiger partial charge in [-0.25, -0.2) is 4.98 Å². The number of carbonyl (C=O) groups excluding carboxylic acids is 1. The molecule has 0 spiro atoms. The fourth-order valence-electron chi connectivity index (χ4n) is 4.00. The summed E-state index contributed by atoms with van der Waals surface area (Å²) < 4.78 is 0. The fraction of sp³-hybridized carbons (Fsp3) is 0.750. The molecule has 0 aliphatic heterocycles. The van der Waals surface area contributed by atoms with Gasteiger partial charge in [0.05, 0.1) is 6.33 Å². The maximum atomic E-state index is 12.3. The number of aromatic amines is 1. The minimum absolute atomic E-state index is 0.260. The molecule has 2 N–H and O–H groups in total. The lowest BCUT2D eigenvalue weighted by molar-refractivity contribution is -0.127. The van der Waals surface area contributed by atoms with Gasteiger partial charge in [0.1, 0.15) is 0 Å². The van der Waals surface area contributed by atoms with E-state index in [-0.39, 0.29) is 11.8 Å². The molecule has 4 nitrogen and oxygen atoms in total. The van der Waals surface area contributed by atoms with E-state index in [1.165, 1.54) is 32.1 Å². The van der Waals surface area contributed by atoms with Gasteiger partial charge in [-0.3, -0.25) is 4.79 Å². The van der Waals surface area contributed by atoms with Gasteiger partial charge in [0.15, 0.2) is 0 Å². The summed E-state index contributed by atoms with van der Waals surface area (Å²) >= 11 is 0. The molecular weight excluding hydrogens is 250 g/mol. The Morgan fingerprint density at radius 1 is 1.25 bits per heavy atom. The summed E-state index contributed by atoms with van der Waals surface area (Å²) in [6.45, 7) is 0.714. The Kier molecular flexibility index (Phi) is 4.38. The number of H-pyrrole nitrogens is 1. The van der Waals surface area contributed by atoms with Crippen LogP contribution in [-0.2, 0) is 11.2 Å². The van der Waals surface area contributed by atoms with E-state index in [0.717, 1.165) is 36.8 Å². The summed E-state index contributed by atoms with van der Waals surface area (Å²) in [5.41, 5.74) is 1.08. The lowest BCUT2D eigenvalue weighted by Gasteiger charge is -2.38. The summed E-state index contributed by atoms with van der Waals surface area (Å²) in [6.07, 6.45) is 13.4. The molecule has 0 bridgehead atoms. The normalized spacial score (nSPS) is 29.7. The quantitative estimate of drug-likeness (QED) is 0.887. The van der Waals surface area contributed by atoms with Crippen LogP contribution >= 0.6 is 0 Å². The number of imidazole rings is 1. The monoisotopic (exact) mass is 275 g/mol. The van der Waals surface area contributed by atoms with Crippen molar-refractivity contribution in [3.63, 3.8) is 0 Å². The van der Waals surface area contributed by atoms with Gasteiger partial charge in [0.2, 0.25) is 5.91 Å². The average molecular weight is 275 g/mol. The van der Waals surface area contributed by atoms with Crippen molar-refractivity contribution in [2.75, 3.05) is 6.54 Å². The first-order chi connectivity index (χ1) is 9.83. The van der Waals surface area contributed by atoms with E-state index < -0.39 is 0 Å². The molecule has 110 valence electrons. The highest BCUT2D eigenvalue weighted by Gasteiger charge is 2.34. The zero-order valence-corrected chi connectivity index (χ0v) is 12.1. The Hall–Kier alpha value is -1.32. The third-order valence-electron chi connectivity index (χ3n) is 5.16. The number of rotatable bonds is 4. The zero-order chi connectivity index (χ0) is 13.8. The molecular formula is C16H25N3O. The van der Waals surface area contributed by atoms with Crippen molar-refractivity contribution in [3.05, 3.63) is 18.2 Å². The topological polar surface area (TPSA) is 57.8 Å². The highest BCUT2D eigenvalue weighted by atomic mass is 16.1. The van der Waals surface area contributed by atoms with Crippen LogP contribution < -0.4 is 5.32 Å². The average Bonchev–Trinajstić information content (AvgIpc) is 3.00. The zero-order valence-electron chi connectivity index (χ0n) is 12.1. The van der Waals surface area contributed by atoms with Gasteiger partial charge in [-0.05, 0) is 31.1 Å². The molecule has 3 unspecified atom stereocenters. The molecule has 2 saturated carbocycles. The highest BCUT2D eigenvalue weighted by Crippen LogP contribution is 2.42. The molecule has 20 heavy (non-hydrogen) atoms. The van der Waals surface area contributed by atoms with Crippen LogP contribution in [0.3, 0.4) is 0 Å². The van der Waals surface area contributed by atoms with Crippen LogP contribution in [0.2, 0.25) is 0 Å². The van der Waals surface area contributed by atoms with Crippen molar-refractivity contribution < 1.29 is 4.79 Å². The van der Waals surface area contributed by atoms with Crippen LogP contribution in [-0.4, -0.2) is 22.4 Å². The van der Waals surface area contributed by atoms with Crippen LogP contribution in [0, 0.1) is 17.8 Å². The van der Waals surface area contributed by atoms with E-state index in [0.29, 0.717) is 6.54 Å². The van der Waals surface area contributed by atoms with Crippen LogP contribution in [0.5, 0.6) is 0 Å². The van der Waals surface area contributed by atoms with Crippen molar-refractivity contribution in [1.82, 2.24) is 15.3 Å². The molecule has 0 radical (unpaired) electrons. The third kappa shape index (κ3) is 3.22. The third-order valence-corrected chi connectivity index (χ3v) is 5.16. The number of hydrogen-bond acceptors (Lipinski definition) is 2. The number of aromatic nitrogens is 2. The summed E-state index contributed by atoms with van der Waals surface area (Å²) in [7, 11) is 0. The van der Waals surface area contributed by atoms with Crippen molar-refractivity contribution in [1.29, 1.82) is 0 Å². The molecule has 1 aromatic heterocycles. The first-order valence-corrected chi connectivity index (χ1v) is 8.08. The number of amides is 1. The van der Waals surface area contributed by atoms with E-state index in [1.807, 2.05) is 6.20 Å². The second-order valence-corrected chi connectivity index (χ2v) is 6.43. The molecule has 2 fully saturated rings. The van der Waals surface area contributed by atoms with E-state index in [1.54, 1.807) is 6.33 Å². The summed E-state index contributed by atoms with van der Waals surface area (Å²) in [5, 5.41) is 3.10. The van der Waals surface area contributed by atoms with E-state index >= 15 is 0 Å². The van der Waals surface area contributed by atoms with Crippen molar-refractivity contribution >= 4 is 5.91 Å². The first kappa shape index (κ1) is 13.7. The molecule has 2 aliphatic rings. The molecule has 1 aromatic rings. The predicted molar refractivity (Wildman–Crippen MR) is 78.1 cm³/mol. The second kappa shape index (κ2) is 6.42. The molecule has 3 rings (SSSR count). The lowest BCUT2D eigenvalue weighted by atomic mass is 9.67. The van der Waals surface area contributed by atoms with Crippen molar-refractivity contribution in [3.8, 4) is 0 Å². The van der Waals surface area contributed by atoms with Crippen molar-refractivity contribution in [2.24, 2.45) is 17.8 Å². The van der Waals surface area contributed by atoms with Gasteiger partial charge >= 0.3 is 0 Å². The number of nitrogens with one attached hydrogen (secondary N) is 2. The van der Waals surface area contributed by atoms with Gasteiger partial charge in [0.25, 0.3) is 0 Å². The first-order valence-electron chi connectivity index (χ1n) is 8.08. The van der Waals surface area contributed by atoms with Crippen molar-refractivity contribution in [2.45, 2.75) is 51.4 Å². The predicted octanol–water partition coefficient (Wildman–Crippen LogP) is 2.67. The number of nitrogens with zero attached hydrogens (tertiary/aromatic N) is 1. The van der Waals surface area contributed by atoms with Crippen LogP contribution in [0.1, 0.15) is 50.6 Å². The number of hydrogen-bond donors (Lipinski definition) is 2. The highest BCUT2D eigenvalue weighted by molar-refractivity contribution is 5.78. The maximum Gasteiger partial charge on any atom is 0.223 e. The Morgan fingerprint density at radius 2 is 2.10 bits per heavy atom. The Labute approximate surface area is 120 Å². The summed E-state index contributed by atoms with van der Waals surface area (Å²) in [5.74, 6) is 2.27. The van der Waals surface area contributed by atoms with Gasteiger partial charge in [-0.2, -0.15) is 0 Å². The largest absolute Gasteiger partial charge is 0.355 e. The van der Waals surface area contributed by atoms with Gasteiger partial charge in [0, 0.05) is 30.8 Å². The Morgan fingerprint density at radius 3 is 2.90 bits per heavy atom. The van der Waals surface area contributed by atoms with Crippen LogP contribution in [0.15, 0.2) is 12.5 Å². The van der Waals surface area contributed by atoms with Gasteiger partial charge in [-0.1, -0.05) is 25.7 Å². The van der Waals surface area contributed by atoms with E-state index in [4.69, 9.17) is 0 Å². The molecule has 2 aliphatic carbocycles. The fourth-order valence-corrected chi connectivity index (χ4v) is 4.00. The Balaban J connectivity index is 1.43. The molecule has 3 atom stereocenters. The van der Waals surface area contributed by atoms with Gasteiger partial charge in [-0.15, -0.1) is 0 Å². The Bertz CT molecular complexity index is 429. The summed E-state index contributed by atoms with van der Waals surface area (Å²) in [4.78, 5) is 19.3. The second-order valence-electron chi connectivity index (χ2n) is 6.43. The molecule has 4 heteroatoms. The number of carbonyl (C=O) groups is 1. The minimum Gasteiger partial charge on any atom is -0.355 e. The van der Waals surface area contributed by atoms with Crippen LogP contribution in [0.4, 0.5) is 0 Å². The standard InChI is InChI=1S/C16H25N3O/c20-16(18-8-7-15-10-17-11-19-15)14-6-5-12-3-1-2-4-13(12)9-14/h10-14H,1-9H2,(H,17,19)(H,18,20). The minimum atomic E-state index is 0.260. The van der Waals surface area contributed by atoms with E-state index in [2.05, 4.69) is 15.3 Å². The SMILES string of the molecule is O=C(NCCc1cnc[nH]1)C1CCC2CCCCC2C1. The van der Waals surface area contributed by atoms with E-state index in [9.17, 15) is 4.79 Å². The van der Waals surface area contributed by atoms with Crippen LogP contribution in [0.25, 0.3) is 0 Å². The molecule has 1 amide bonds. The number of fused-ring (bicyclic) bond motifs is 1.